The summed E-state index contributed by atoms with van der Waals surface area (Å²) in [7, 11) is 0. The van der Waals surface area contributed by atoms with Crippen LogP contribution in [0.25, 0.3) is 11.0 Å². The van der Waals surface area contributed by atoms with Crippen LogP contribution in [-0.2, 0) is 9.53 Å². The molecule has 12 nitrogen and oxygen atoms in total. The van der Waals surface area contributed by atoms with E-state index >= 15 is 0 Å². The Labute approximate surface area is 212 Å². The molecule has 0 aliphatic rings. The Morgan fingerprint density at radius 2 is 1.75 bits per heavy atom. The predicted octanol–water partition coefficient (Wildman–Crippen LogP) is 4.15. The molecule has 0 spiro atoms. The number of para-hydroxylation sites is 1. The summed E-state index contributed by atoms with van der Waals surface area (Å²) in [5, 5.41) is 8.34. The number of carbonyl (C=O) groups is 2. The number of amides is 2. The van der Waals surface area contributed by atoms with Crippen LogP contribution in [-0.4, -0.2) is 40.1 Å². The third-order valence-electron chi connectivity index (χ3n) is 4.45. The molecule has 36 heavy (non-hydrogen) atoms. The van der Waals surface area contributed by atoms with Gasteiger partial charge in [-0.05, 0) is 43.3 Å². The molecule has 0 saturated heterocycles. The number of nitrogens with one attached hydrogen (secondary N) is 3. The molecule has 0 bridgehead atoms. The molecule has 3 N–H and O–H groups in total. The van der Waals surface area contributed by atoms with Crippen molar-refractivity contribution in [3.05, 3.63) is 69.5 Å². The summed E-state index contributed by atoms with van der Waals surface area (Å²) in [5.74, 6) is -0.642. The van der Waals surface area contributed by atoms with E-state index in [-0.39, 0.29) is 36.8 Å². The Hall–Kier alpha value is -4.52. The highest BCUT2D eigenvalue weighted by molar-refractivity contribution is 9.10. The first kappa shape index (κ1) is 24.6. The second kappa shape index (κ2) is 11.3. The van der Waals surface area contributed by atoms with E-state index in [2.05, 4.69) is 46.8 Å². The molecule has 0 atom stereocenters. The van der Waals surface area contributed by atoms with E-state index in [1.165, 1.54) is 0 Å². The van der Waals surface area contributed by atoms with Gasteiger partial charge in [-0.15, -0.1) is 0 Å². The van der Waals surface area contributed by atoms with E-state index in [4.69, 9.17) is 13.9 Å². The van der Waals surface area contributed by atoms with Gasteiger partial charge in [0.1, 0.15) is 17.9 Å². The lowest BCUT2D eigenvalue weighted by Crippen LogP contribution is -2.22. The first-order chi connectivity index (χ1) is 17.4. The summed E-state index contributed by atoms with van der Waals surface area (Å²) in [6.45, 7) is 1.65. The number of benzene rings is 2. The molecule has 0 unspecified atom stereocenters. The standard InChI is InChI=1S/C23H19BrN6O6/c1-2-34-19(32)12-25-20-27-21(28-22(33)26-14-9-7-13(24)8-10-14)30-23(29-20)36-17-11-18(31)35-16-6-4-3-5-15(16)17/h3-11H,2,12H2,1H3,(H3,25,26,27,28,29,30,33). The van der Waals surface area contributed by atoms with Crippen molar-refractivity contribution in [2.45, 2.75) is 6.92 Å². The molecule has 4 rings (SSSR count). The number of fused-ring (bicyclic) bond motifs is 1. The zero-order valence-corrected chi connectivity index (χ0v) is 20.4. The van der Waals surface area contributed by atoms with Crippen LogP contribution in [0.4, 0.5) is 22.4 Å². The van der Waals surface area contributed by atoms with Gasteiger partial charge in [-0.2, -0.15) is 15.0 Å². The minimum Gasteiger partial charge on any atom is -0.465 e. The number of hydrogen-bond donors (Lipinski definition) is 3. The molecule has 2 heterocycles. The van der Waals surface area contributed by atoms with Gasteiger partial charge in [-0.1, -0.05) is 28.1 Å². The van der Waals surface area contributed by atoms with E-state index in [9.17, 15) is 14.4 Å². The van der Waals surface area contributed by atoms with E-state index < -0.39 is 17.6 Å². The number of rotatable bonds is 8. The van der Waals surface area contributed by atoms with Crippen LogP contribution >= 0.6 is 15.9 Å². The summed E-state index contributed by atoms with van der Waals surface area (Å²) in [4.78, 5) is 48.6. The maximum absolute atomic E-state index is 12.5. The molecule has 2 aromatic heterocycles. The maximum atomic E-state index is 12.5. The van der Waals surface area contributed by atoms with Crippen molar-refractivity contribution in [3.8, 4) is 11.8 Å². The van der Waals surface area contributed by atoms with Gasteiger partial charge >= 0.3 is 23.6 Å². The normalized spacial score (nSPS) is 10.5. The van der Waals surface area contributed by atoms with Gasteiger partial charge in [-0.25, -0.2) is 9.59 Å². The largest absolute Gasteiger partial charge is 0.465 e. The van der Waals surface area contributed by atoms with Crippen LogP contribution in [0.5, 0.6) is 11.8 Å². The minimum atomic E-state index is -0.634. The van der Waals surface area contributed by atoms with Crippen LogP contribution in [0.2, 0.25) is 0 Å². The molecular weight excluding hydrogens is 536 g/mol. The summed E-state index contributed by atoms with van der Waals surface area (Å²) in [6.07, 6.45) is 0. The van der Waals surface area contributed by atoms with Crippen LogP contribution in [0.15, 0.2) is 68.3 Å². The number of hydrogen-bond acceptors (Lipinski definition) is 10. The minimum absolute atomic E-state index is 0.0701. The number of esters is 1. The van der Waals surface area contributed by atoms with Gasteiger partial charge in [-0.3, -0.25) is 10.1 Å². The molecule has 0 saturated carbocycles. The van der Waals surface area contributed by atoms with Crippen molar-refractivity contribution in [3.63, 3.8) is 0 Å². The predicted molar refractivity (Wildman–Crippen MR) is 134 cm³/mol. The summed E-state index contributed by atoms with van der Waals surface area (Å²) in [5.41, 5.74) is 0.206. The van der Waals surface area contributed by atoms with Gasteiger partial charge in [0.05, 0.1) is 18.1 Å². The highest BCUT2D eigenvalue weighted by Crippen LogP contribution is 2.27. The fraction of sp³-hybridized carbons (Fsp3) is 0.130. The van der Waals surface area contributed by atoms with Gasteiger partial charge in [0.25, 0.3) is 0 Å². The van der Waals surface area contributed by atoms with E-state index in [1.54, 1.807) is 55.5 Å². The number of ether oxygens (including phenoxy) is 2. The molecule has 13 heteroatoms. The van der Waals surface area contributed by atoms with Crippen molar-refractivity contribution in [1.29, 1.82) is 0 Å². The summed E-state index contributed by atoms with van der Waals surface area (Å²) >= 11 is 3.33. The maximum Gasteiger partial charge on any atom is 0.339 e. The van der Waals surface area contributed by atoms with Crippen LogP contribution < -0.4 is 26.3 Å². The number of urea groups is 1. The van der Waals surface area contributed by atoms with Crippen molar-refractivity contribution < 1.29 is 23.5 Å². The second-order valence-corrected chi connectivity index (χ2v) is 7.95. The van der Waals surface area contributed by atoms with Crippen LogP contribution in [0, 0.1) is 0 Å². The summed E-state index contributed by atoms with van der Waals surface area (Å²) in [6, 6.07) is 14.0. The first-order valence-electron chi connectivity index (χ1n) is 10.6. The van der Waals surface area contributed by atoms with E-state index in [0.717, 1.165) is 10.5 Å². The monoisotopic (exact) mass is 554 g/mol. The Bertz CT molecular complexity index is 1460. The lowest BCUT2D eigenvalue weighted by atomic mass is 10.2. The van der Waals surface area contributed by atoms with Crippen molar-refractivity contribution >= 4 is 56.5 Å². The lowest BCUT2D eigenvalue weighted by Gasteiger charge is -2.11. The molecule has 0 fully saturated rings. The molecule has 2 aromatic carbocycles. The molecule has 184 valence electrons. The third kappa shape index (κ3) is 6.54. The van der Waals surface area contributed by atoms with Gasteiger partial charge in [0, 0.05) is 10.2 Å². The fourth-order valence-corrected chi connectivity index (χ4v) is 3.23. The molecule has 0 aliphatic carbocycles. The number of aromatic nitrogens is 3. The topological polar surface area (TPSA) is 158 Å². The Kier molecular flexibility index (Phi) is 7.70. The van der Waals surface area contributed by atoms with E-state index in [0.29, 0.717) is 16.7 Å². The first-order valence-corrected chi connectivity index (χ1v) is 11.4. The molecule has 2 amide bonds. The van der Waals surface area contributed by atoms with Crippen molar-refractivity contribution in [2.75, 3.05) is 29.1 Å². The van der Waals surface area contributed by atoms with E-state index in [1.807, 2.05) is 0 Å². The zero-order valence-electron chi connectivity index (χ0n) is 18.8. The quantitative estimate of drug-likeness (QED) is 0.213. The second-order valence-electron chi connectivity index (χ2n) is 7.04. The Morgan fingerprint density at radius 3 is 2.53 bits per heavy atom. The number of halogens is 1. The SMILES string of the molecule is CCOC(=O)CNc1nc(NC(=O)Nc2ccc(Br)cc2)nc(Oc2cc(=O)oc3ccccc23)n1. The number of carbonyl (C=O) groups excluding carboxylic acids is 2. The fourth-order valence-electron chi connectivity index (χ4n) is 2.96. The highest BCUT2D eigenvalue weighted by Gasteiger charge is 2.15. The molecular formula is C23H19BrN6O6. The van der Waals surface area contributed by atoms with Crippen molar-refractivity contribution in [1.82, 2.24) is 15.0 Å². The smallest absolute Gasteiger partial charge is 0.339 e. The van der Waals surface area contributed by atoms with Crippen molar-refractivity contribution in [2.24, 2.45) is 0 Å². The number of anilines is 3. The molecule has 4 aromatic rings. The Morgan fingerprint density at radius 1 is 1.00 bits per heavy atom. The number of nitrogens with zero attached hydrogens (tertiary/aromatic N) is 3. The van der Waals surface area contributed by atoms with Gasteiger partial charge in [0.2, 0.25) is 11.9 Å². The zero-order chi connectivity index (χ0) is 25.5. The lowest BCUT2D eigenvalue weighted by molar-refractivity contribution is -0.140. The van der Waals surface area contributed by atoms with Gasteiger partial charge in [0.15, 0.2) is 0 Å². The molecule has 0 radical (unpaired) electrons. The summed E-state index contributed by atoms with van der Waals surface area (Å²) < 4.78 is 16.7. The Balaban J connectivity index is 1.60. The highest BCUT2D eigenvalue weighted by atomic mass is 79.9. The average Bonchev–Trinajstić information content (AvgIpc) is 2.84. The average molecular weight is 555 g/mol. The van der Waals surface area contributed by atoms with Gasteiger partial charge < -0.3 is 24.5 Å². The van der Waals surface area contributed by atoms with Crippen LogP contribution in [0.1, 0.15) is 6.92 Å². The van der Waals surface area contributed by atoms with Crippen LogP contribution in [0.3, 0.4) is 0 Å². The third-order valence-corrected chi connectivity index (χ3v) is 4.98. The molecule has 0 aliphatic heterocycles.